The molecule has 3 aromatic rings. The molecule has 1 heterocycles. The zero-order valence-corrected chi connectivity index (χ0v) is 11.6. The Bertz CT molecular complexity index is 767. The Morgan fingerprint density at radius 2 is 1.77 bits per heavy atom. The number of hydrogen-bond acceptors (Lipinski definition) is 4. The summed E-state index contributed by atoms with van der Waals surface area (Å²) in [5.41, 5.74) is 2.80. The molecule has 0 saturated heterocycles. The van der Waals surface area contributed by atoms with E-state index in [9.17, 15) is 10.1 Å². The first-order chi connectivity index (χ1) is 10.7. The molecule has 110 valence electrons. The van der Waals surface area contributed by atoms with Crippen LogP contribution in [0.1, 0.15) is 5.56 Å². The van der Waals surface area contributed by atoms with E-state index in [0.29, 0.717) is 6.61 Å². The Morgan fingerprint density at radius 1 is 1.05 bits per heavy atom. The predicted molar refractivity (Wildman–Crippen MR) is 81.0 cm³/mol. The summed E-state index contributed by atoms with van der Waals surface area (Å²) in [4.78, 5) is 17.2. The highest BCUT2D eigenvalue weighted by Crippen LogP contribution is 2.21. The lowest BCUT2D eigenvalue weighted by molar-refractivity contribution is -0.384. The van der Waals surface area contributed by atoms with Crippen molar-refractivity contribution in [1.29, 1.82) is 0 Å². The van der Waals surface area contributed by atoms with Gasteiger partial charge in [0.1, 0.15) is 6.61 Å². The van der Waals surface area contributed by atoms with Gasteiger partial charge in [0, 0.05) is 17.7 Å². The number of benzene rings is 2. The van der Waals surface area contributed by atoms with Crippen molar-refractivity contribution >= 4 is 5.69 Å². The maximum atomic E-state index is 10.6. The third kappa shape index (κ3) is 3.12. The fourth-order valence-electron chi connectivity index (χ4n) is 2.01. The first-order valence-corrected chi connectivity index (χ1v) is 6.69. The molecule has 0 radical (unpaired) electrons. The zero-order valence-electron chi connectivity index (χ0n) is 11.6. The third-order valence-corrected chi connectivity index (χ3v) is 3.18. The SMILES string of the molecule is O=[N+]([O-])c1ccc(-c2cnn(OCc3ccccc3)c2)cc1. The van der Waals surface area contributed by atoms with E-state index in [2.05, 4.69) is 5.10 Å². The highest BCUT2D eigenvalue weighted by Gasteiger charge is 2.07. The summed E-state index contributed by atoms with van der Waals surface area (Å²) in [5, 5.41) is 14.8. The molecule has 0 fully saturated rings. The second-order valence-electron chi connectivity index (χ2n) is 4.69. The van der Waals surface area contributed by atoms with Crippen LogP contribution in [0.2, 0.25) is 0 Å². The number of nitro benzene ring substituents is 1. The van der Waals surface area contributed by atoms with Gasteiger partial charge in [-0.05, 0) is 23.3 Å². The van der Waals surface area contributed by atoms with Crippen LogP contribution < -0.4 is 4.84 Å². The van der Waals surface area contributed by atoms with Gasteiger partial charge in [-0.3, -0.25) is 10.1 Å². The fraction of sp³-hybridized carbons (Fsp3) is 0.0625. The van der Waals surface area contributed by atoms with Crippen molar-refractivity contribution in [2.75, 3.05) is 0 Å². The molecule has 3 rings (SSSR count). The summed E-state index contributed by atoms with van der Waals surface area (Å²) in [6, 6.07) is 16.1. The van der Waals surface area contributed by atoms with Crippen LogP contribution in [-0.4, -0.2) is 14.9 Å². The highest BCUT2D eigenvalue weighted by molar-refractivity contribution is 5.63. The first-order valence-electron chi connectivity index (χ1n) is 6.69. The Morgan fingerprint density at radius 3 is 2.45 bits per heavy atom. The lowest BCUT2D eigenvalue weighted by atomic mass is 10.1. The van der Waals surface area contributed by atoms with Gasteiger partial charge in [0.25, 0.3) is 5.69 Å². The van der Waals surface area contributed by atoms with E-state index in [0.717, 1.165) is 16.7 Å². The quantitative estimate of drug-likeness (QED) is 0.535. The maximum Gasteiger partial charge on any atom is 0.269 e. The molecule has 0 aliphatic carbocycles. The van der Waals surface area contributed by atoms with Crippen molar-refractivity contribution in [3.05, 3.63) is 82.7 Å². The number of non-ortho nitro benzene ring substituents is 1. The summed E-state index contributed by atoms with van der Waals surface area (Å²) in [6.07, 6.45) is 3.40. The van der Waals surface area contributed by atoms with Crippen LogP contribution >= 0.6 is 0 Å². The standard InChI is InChI=1S/C16H13N3O3/c20-19(21)16-8-6-14(7-9-16)15-10-17-18(11-15)22-12-13-4-2-1-3-5-13/h1-11H,12H2. The van der Waals surface area contributed by atoms with Gasteiger partial charge in [-0.2, -0.15) is 0 Å². The van der Waals surface area contributed by atoms with E-state index in [1.807, 2.05) is 30.3 Å². The van der Waals surface area contributed by atoms with Gasteiger partial charge in [-0.1, -0.05) is 30.3 Å². The molecule has 6 nitrogen and oxygen atoms in total. The normalized spacial score (nSPS) is 10.4. The predicted octanol–water partition coefficient (Wildman–Crippen LogP) is 3.09. The van der Waals surface area contributed by atoms with E-state index in [1.54, 1.807) is 24.5 Å². The molecule has 1 aromatic heterocycles. The minimum atomic E-state index is -0.420. The Hall–Kier alpha value is -3.15. The summed E-state index contributed by atoms with van der Waals surface area (Å²) in [5.74, 6) is 0. The van der Waals surface area contributed by atoms with Gasteiger partial charge in [0.2, 0.25) is 0 Å². The average molecular weight is 295 g/mol. The molecule has 0 amide bonds. The average Bonchev–Trinajstić information content (AvgIpc) is 3.03. The van der Waals surface area contributed by atoms with Crippen molar-refractivity contribution in [3.8, 4) is 11.1 Å². The molecule has 0 bridgehead atoms. The van der Waals surface area contributed by atoms with Crippen LogP contribution in [0.4, 0.5) is 5.69 Å². The lowest BCUT2D eigenvalue weighted by Gasteiger charge is -2.04. The van der Waals surface area contributed by atoms with E-state index in [-0.39, 0.29) is 5.69 Å². The van der Waals surface area contributed by atoms with Crippen molar-refractivity contribution in [2.24, 2.45) is 0 Å². The summed E-state index contributed by atoms with van der Waals surface area (Å²) in [7, 11) is 0. The molecule has 0 unspecified atom stereocenters. The van der Waals surface area contributed by atoms with Crippen LogP contribution in [0.3, 0.4) is 0 Å². The molecule has 2 aromatic carbocycles. The second kappa shape index (κ2) is 6.09. The Kier molecular flexibility index (Phi) is 3.82. The van der Waals surface area contributed by atoms with Crippen molar-refractivity contribution in [3.63, 3.8) is 0 Å². The van der Waals surface area contributed by atoms with Crippen molar-refractivity contribution < 1.29 is 9.76 Å². The summed E-state index contributed by atoms with van der Waals surface area (Å²) in [6.45, 7) is 0.419. The molecule has 0 aliphatic rings. The van der Waals surface area contributed by atoms with Gasteiger partial charge in [-0.15, -0.1) is 9.94 Å². The van der Waals surface area contributed by atoms with Crippen LogP contribution in [-0.2, 0) is 6.61 Å². The summed E-state index contributed by atoms with van der Waals surface area (Å²) < 4.78 is 0. The van der Waals surface area contributed by atoms with Gasteiger partial charge >= 0.3 is 0 Å². The zero-order chi connectivity index (χ0) is 15.4. The smallest absolute Gasteiger partial charge is 0.269 e. The largest absolute Gasteiger partial charge is 0.392 e. The Labute approximate surface area is 126 Å². The maximum absolute atomic E-state index is 10.6. The van der Waals surface area contributed by atoms with E-state index < -0.39 is 4.92 Å². The molecule has 6 heteroatoms. The molecule has 22 heavy (non-hydrogen) atoms. The molecule has 0 spiro atoms. The molecular formula is C16H13N3O3. The van der Waals surface area contributed by atoms with Crippen molar-refractivity contribution in [2.45, 2.75) is 6.61 Å². The summed E-state index contributed by atoms with van der Waals surface area (Å²) >= 11 is 0. The number of nitrogens with zero attached hydrogens (tertiary/aromatic N) is 3. The van der Waals surface area contributed by atoms with Crippen molar-refractivity contribution in [1.82, 2.24) is 9.94 Å². The van der Waals surface area contributed by atoms with Gasteiger partial charge < -0.3 is 4.84 Å². The van der Waals surface area contributed by atoms with Crippen LogP contribution in [0.5, 0.6) is 0 Å². The van der Waals surface area contributed by atoms with Gasteiger partial charge in [-0.25, -0.2) is 0 Å². The van der Waals surface area contributed by atoms with Crippen LogP contribution in [0, 0.1) is 10.1 Å². The number of rotatable bonds is 5. The first kappa shape index (κ1) is 13.8. The molecule has 0 N–H and O–H groups in total. The van der Waals surface area contributed by atoms with Gasteiger partial charge in [0.15, 0.2) is 0 Å². The number of nitro groups is 1. The number of aromatic nitrogens is 2. The molecular weight excluding hydrogens is 282 g/mol. The third-order valence-electron chi connectivity index (χ3n) is 3.18. The molecule has 0 saturated carbocycles. The lowest BCUT2D eigenvalue weighted by Crippen LogP contribution is -2.11. The van der Waals surface area contributed by atoms with Crippen LogP contribution in [0.25, 0.3) is 11.1 Å². The van der Waals surface area contributed by atoms with E-state index in [1.165, 1.54) is 17.0 Å². The molecule has 0 atom stereocenters. The highest BCUT2D eigenvalue weighted by atomic mass is 16.7. The van der Waals surface area contributed by atoms with E-state index in [4.69, 9.17) is 4.84 Å². The minimum absolute atomic E-state index is 0.0662. The van der Waals surface area contributed by atoms with Gasteiger partial charge in [0.05, 0.1) is 17.3 Å². The van der Waals surface area contributed by atoms with Crippen LogP contribution in [0.15, 0.2) is 67.0 Å². The second-order valence-corrected chi connectivity index (χ2v) is 4.69. The fourth-order valence-corrected chi connectivity index (χ4v) is 2.01. The Balaban J connectivity index is 1.69. The van der Waals surface area contributed by atoms with E-state index >= 15 is 0 Å². The number of hydrogen-bond donors (Lipinski definition) is 0. The minimum Gasteiger partial charge on any atom is -0.392 e. The monoisotopic (exact) mass is 295 g/mol. The molecule has 0 aliphatic heterocycles. The topological polar surface area (TPSA) is 70.2 Å².